The maximum atomic E-state index is 12.3. The van der Waals surface area contributed by atoms with Crippen molar-refractivity contribution in [3.05, 3.63) is 28.4 Å². The molecule has 3 rings (SSSR count). The van der Waals surface area contributed by atoms with E-state index in [2.05, 4.69) is 27.0 Å². The number of aromatic nitrogens is 1. The van der Waals surface area contributed by atoms with Gasteiger partial charge in [-0.15, -0.1) is 0 Å². The fourth-order valence-corrected chi connectivity index (χ4v) is 3.82. The van der Waals surface area contributed by atoms with Gasteiger partial charge in [-0.3, -0.25) is 9.69 Å². The van der Waals surface area contributed by atoms with Gasteiger partial charge in [0.05, 0.1) is 12.2 Å². The summed E-state index contributed by atoms with van der Waals surface area (Å²) < 4.78 is 0. The van der Waals surface area contributed by atoms with Gasteiger partial charge in [-0.25, -0.2) is 0 Å². The summed E-state index contributed by atoms with van der Waals surface area (Å²) in [6.45, 7) is 5.82. The zero-order chi connectivity index (χ0) is 18.5. The largest absolute Gasteiger partial charge is 0.366 e. The van der Waals surface area contributed by atoms with Crippen molar-refractivity contribution in [2.45, 2.75) is 38.6 Å². The van der Waals surface area contributed by atoms with Gasteiger partial charge in [-0.2, -0.15) is 0 Å². The molecule has 2 atom stereocenters. The Morgan fingerprint density at radius 1 is 1.27 bits per heavy atom. The van der Waals surface area contributed by atoms with Crippen molar-refractivity contribution in [3.8, 4) is 0 Å². The lowest BCUT2D eigenvalue weighted by Gasteiger charge is -2.36. The van der Waals surface area contributed by atoms with Gasteiger partial charge in [-0.05, 0) is 34.7 Å². The van der Waals surface area contributed by atoms with E-state index in [4.69, 9.17) is 0 Å². The molecule has 1 saturated heterocycles. The number of piperazine rings is 1. The van der Waals surface area contributed by atoms with Crippen LogP contribution in [-0.2, 0) is 4.79 Å². The van der Waals surface area contributed by atoms with Gasteiger partial charge in [-0.1, -0.05) is 19.8 Å². The van der Waals surface area contributed by atoms with Crippen LogP contribution in [0.1, 0.15) is 32.6 Å². The second-order valence-corrected chi connectivity index (χ2v) is 7.33. The molecule has 0 bridgehead atoms. The molecule has 1 amide bonds. The van der Waals surface area contributed by atoms with E-state index in [0.29, 0.717) is 18.5 Å². The number of carbonyl (C=O) groups excluding carboxylic acids is 1. The van der Waals surface area contributed by atoms with Crippen LogP contribution in [0.3, 0.4) is 0 Å². The zero-order valence-electron chi connectivity index (χ0n) is 15.3. The standard InChI is InChI=1S/C18H27N5O3/c1-14-4-2-3-5-16(14)20-18(24)13-21-8-10-22(11-9-21)15-6-7-17(19-12-15)23(25)26/h6-7,12,14,16H,2-5,8-11,13H2,1H3,(H,20,24)/t14-,16+/m0/s1. The first-order valence-electron chi connectivity index (χ1n) is 9.40. The van der Waals surface area contributed by atoms with E-state index in [0.717, 1.165) is 38.3 Å². The highest BCUT2D eigenvalue weighted by atomic mass is 16.6. The maximum absolute atomic E-state index is 12.3. The highest BCUT2D eigenvalue weighted by Crippen LogP contribution is 2.23. The Bertz CT molecular complexity index is 628. The molecule has 2 aliphatic rings. The van der Waals surface area contributed by atoms with Crippen molar-refractivity contribution in [1.29, 1.82) is 0 Å². The third-order valence-corrected chi connectivity index (χ3v) is 5.48. The monoisotopic (exact) mass is 361 g/mol. The van der Waals surface area contributed by atoms with E-state index in [1.54, 1.807) is 12.3 Å². The van der Waals surface area contributed by atoms with E-state index in [9.17, 15) is 14.9 Å². The van der Waals surface area contributed by atoms with E-state index in [1.165, 1.54) is 25.3 Å². The summed E-state index contributed by atoms with van der Waals surface area (Å²) in [4.78, 5) is 30.7. The van der Waals surface area contributed by atoms with Crippen LogP contribution in [0, 0.1) is 16.0 Å². The quantitative estimate of drug-likeness (QED) is 0.635. The topological polar surface area (TPSA) is 91.6 Å². The molecular weight excluding hydrogens is 334 g/mol. The van der Waals surface area contributed by atoms with E-state index in [-0.39, 0.29) is 11.7 Å². The van der Waals surface area contributed by atoms with Crippen LogP contribution in [0.2, 0.25) is 0 Å². The first kappa shape index (κ1) is 18.6. The molecule has 8 nitrogen and oxygen atoms in total. The lowest BCUT2D eigenvalue weighted by molar-refractivity contribution is -0.389. The van der Waals surface area contributed by atoms with Crippen LogP contribution in [-0.4, -0.2) is 59.5 Å². The number of nitro groups is 1. The lowest BCUT2D eigenvalue weighted by Crippen LogP contribution is -2.51. The van der Waals surface area contributed by atoms with Crippen LogP contribution in [0.25, 0.3) is 0 Å². The van der Waals surface area contributed by atoms with Gasteiger partial charge in [0.15, 0.2) is 6.20 Å². The summed E-state index contributed by atoms with van der Waals surface area (Å²) >= 11 is 0. The number of amides is 1. The average molecular weight is 361 g/mol. The molecule has 0 spiro atoms. The Hall–Kier alpha value is -2.22. The van der Waals surface area contributed by atoms with E-state index in [1.807, 2.05) is 0 Å². The minimum absolute atomic E-state index is 0.120. The van der Waals surface area contributed by atoms with Gasteiger partial charge < -0.3 is 20.3 Å². The first-order chi connectivity index (χ1) is 12.5. The number of nitrogens with one attached hydrogen (secondary N) is 1. The molecule has 1 aromatic rings. The van der Waals surface area contributed by atoms with Gasteiger partial charge >= 0.3 is 5.82 Å². The minimum Gasteiger partial charge on any atom is -0.366 e. The minimum atomic E-state index is -0.493. The Labute approximate surface area is 153 Å². The van der Waals surface area contributed by atoms with Crippen molar-refractivity contribution in [3.63, 3.8) is 0 Å². The number of anilines is 1. The van der Waals surface area contributed by atoms with Crippen LogP contribution in [0.5, 0.6) is 0 Å². The van der Waals surface area contributed by atoms with Crippen molar-refractivity contribution in [2.24, 2.45) is 5.92 Å². The summed E-state index contributed by atoms with van der Waals surface area (Å²) in [5.74, 6) is 0.550. The van der Waals surface area contributed by atoms with Crippen LogP contribution < -0.4 is 10.2 Å². The first-order valence-corrected chi connectivity index (χ1v) is 9.40. The molecule has 0 unspecified atom stereocenters. The predicted molar refractivity (Wildman–Crippen MR) is 99.1 cm³/mol. The Morgan fingerprint density at radius 2 is 2.00 bits per heavy atom. The van der Waals surface area contributed by atoms with Gasteiger partial charge in [0.25, 0.3) is 0 Å². The number of pyridine rings is 1. The molecular formula is C18H27N5O3. The fourth-order valence-electron chi connectivity index (χ4n) is 3.82. The highest BCUT2D eigenvalue weighted by Gasteiger charge is 2.25. The van der Waals surface area contributed by atoms with Crippen molar-refractivity contribution in [2.75, 3.05) is 37.6 Å². The predicted octanol–water partition coefficient (Wildman–Crippen LogP) is 1.81. The summed E-state index contributed by atoms with van der Waals surface area (Å²) in [6, 6.07) is 3.49. The number of hydrogen-bond acceptors (Lipinski definition) is 6. The molecule has 142 valence electrons. The normalized spacial score (nSPS) is 24.3. The summed E-state index contributed by atoms with van der Waals surface area (Å²) in [5.41, 5.74) is 0.885. The Balaban J connectivity index is 1.44. The average Bonchev–Trinajstić information content (AvgIpc) is 2.64. The van der Waals surface area contributed by atoms with E-state index < -0.39 is 4.92 Å². The van der Waals surface area contributed by atoms with Crippen LogP contribution >= 0.6 is 0 Å². The molecule has 1 saturated carbocycles. The van der Waals surface area contributed by atoms with Crippen molar-refractivity contribution in [1.82, 2.24) is 15.2 Å². The number of carbonyl (C=O) groups is 1. The second kappa shape index (κ2) is 8.44. The molecule has 2 fully saturated rings. The molecule has 1 aliphatic heterocycles. The van der Waals surface area contributed by atoms with E-state index >= 15 is 0 Å². The molecule has 26 heavy (non-hydrogen) atoms. The molecule has 0 aromatic carbocycles. The van der Waals surface area contributed by atoms with Crippen LogP contribution in [0.4, 0.5) is 11.5 Å². The lowest BCUT2D eigenvalue weighted by atomic mass is 9.86. The Morgan fingerprint density at radius 3 is 2.62 bits per heavy atom. The number of hydrogen-bond donors (Lipinski definition) is 1. The van der Waals surface area contributed by atoms with Gasteiger partial charge in [0, 0.05) is 38.3 Å². The molecule has 1 aliphatic carbocycles. The summed E-state index contributed by atoms with van der Waals surface area (Å²) in [5, 5.41) is 13.9. The summed E-state index contributed by atoms with van der Waals surface area (Å²) in [7, 11) is 0. The zero-order valence-corrected chi connectivity index (χ0v) is 15.3. The smallest absolute Gasteiger partial charge is 0.363 e. The van der Waals surface area contributed by atoms with Gasteiger partial charge in [0.2, 0.25) is 5.91 Å². The molecule has 1 aromatic heterocycles. The number of rotatable bonds is 5. The third-order valence-electron chi connectivity index (χ3n) is 5.48. The molecule has 8 heteroatoms. The number of nitrogens with zero attached hydrogens (tertiary/aromatic N) is 4. The van der Waals surface area contributed by atoms with Crippen LogP contribution in [0.15, 0.2) is 18.3 Å². The summed E-state index contributed by atoms with van der Waals surface area (Å²) in [6.07, 6.45) is 6.32. The molecule has 1 N–H and O–H groups in total. The second-order valence-electron chi connectivity index (χ2n) is 7.33. The fraction of sp³-hybridized carbons (Fsp3) is 0.667. The Kier molecular flexibility index (Phi) is 6.03. The highest BCUT2D eigenvalue weighted by molar-refractivity contribution is 5.78. The van der Waals surface area contributed by atoms with Gasteiger partial charge in [0.1, 0.15) is 0 Å². The maximum Gasteiger partial charge on any atom is 0.363 e. The molecule has 0 radical (unpaired) electrons. The molecule has 2 heterocycles. The van der Waals surface area contributed by atoms with Crippen molar-refractivity contribution >= 4 is 17.4 Å². The SMILES string of the molecule is C[C@H]1CCCC[C@H]1NC(=O)CN1CCN(c2ccc([N+](=O)[O-])nc2)CC1. The third kappa shape index (κ3) is 4.69. The van der Waals surface area contributed by atoms with Crippen molar-refractivity contribution < 1.29 is 9.72 Å².